The zero-order valence-electron chi connectivity index (χ0n) is 10.1. The minimum atomic E-state index is 0.903. The fraction of sp³-hybridized carbons (Fsp3) is 0.769. The van der Waals surface area contributed by atoms with E-state index in [1.165, 1.54) is 38.5 Å². The molecule has 0 saturated carbocycles. The number of H-pyrrole nitrogens is 1. The topological polar surface area (TPSA) is 28.7 Å². The maximum atomic E-state index is 4.27. The molecule has 1 aromatic heterocycles. The van der Waals surface area contributed by atoms with E-state index in [0.29, 0.717) is 0 Å². The number of aromatic amines is 1. The molecule has 2 heteroatoms. The highest BCUT2D eigenvalue weighted by Crippen LogP contribution is 2.20. The lowest BCUT2D eigenvalue weighted by molar-refractivity contribution is 0.399. The van der Waals surface area contributed by atoms with Gasteiger partial charge in [-0.1, -0.05) is 46.0 Å². The molecule has 0 bridgehead atoms. The average Bonchev–Trinajstić information content (AvgIpc) is 2.75. The molecular weight excluding hydrogens is 184 g/mol. The minimum Gasteiger partial charge on any atom is -0.349 e. The van der Waals surface area contributed by atoms with Gasteiger partial charge < -0.3 is 4.98 Å². The first-order chi connectivity index (χ1) is 7.36. The summed E-state index contributed by atoms with van der Waals surface area (Å²) in [5, 5.41) is 0. The van der Waals surface area contributed by atoms with E-state index in [2.05, 4.69) is 23.8 Å². The number of aromatic nitrogens is 2. The van der Waals surface area contributed by atoms with Crippen LogP contribution in [0.3, 0.4) is 0 Å². The van der Waals surface area contributed by atoms with Gasteiger partial charge in [-0.25, -0.2) is 4.98 Å². The van der Waals surface area contributed by atoms with Gasteiger partial charge in [0.25, 0.3) is 0 Å². The normalized spacial score (nSPS) is 12.9. The van der Waals surface area contributed by atoms with Crippen molar-refractivity contribution in [2.45, 2.75) is 58.8 Å². The Hall–Kier alpha value is -0.790. The maximum Gasteiger partial charge on any atom is 0.106 e. The van der Waals surface area contributed by atoms with Crippen molar-refractivity contribution in [3.8, 4) is 0 Å². The van der Waals surface area contributed by atoms with Crippen LogP contribution in [0, 0.1) is 5.92 Å². The number of nitrogens with one attached hydrogen (secondary N) is 1. The molecule has 0 spiro atoms. The molecule has 1 atom stereocenters. The summed E-state index contributed by atoms with van der Waals surface area (Å²) in [5.41, 5.74) is 0. The lowest BCUT2D eigenvalue weighted by Crippen LogP contribution is -2.03. The number of nitrogens with zero attached hydrogens (tertiary/aromatic N) is 1. The maximum absolute atomic E-state index is 4.27. The molecule has 1 rings (SSSR count). The zero-order chi connectivity index (χ0) is 10.9. The Morgan fingerprint density at radius 1 is 1.20 bits per heavy atom. The molecule has 15 heavy (non-hydrogen) atoms. The molecule has 1 N–H and O–H groups in total. The fourth-order valence-electron chi connectivity index (χ4n) is 2.11. The van der Waals surface area contributed by atoms with Crippen molar-refractivity contribution in [1.29, 1.82) is 0 Å². The second-order valence-electron chi connectivity index (χ2n) is 4.37. The number of unbranched alkanes of at least 4 members (excludes halogenated alkanes) is 1. The van der Waals surface area contributed by atoms with Crippen molar-refractivity contribution in [3.63, 3.8) is 0 Å². The molecule has 0 aliphatic rings. The molecule has 1 aromatic rings. The Kier molecular flexibility index (Phi) is 6.14. The highest BCUT2D eigenvalue weighted by molar-refractivity contribution is 4.87. The molecule has 1 heterocycles. The summed E-state index contributed by atoms with van der Waals surface area (Å²) in [6, 6.07) is 0. The standard InChI is InChI=1S/C13H24N2/c1-3-5-7-12(6-4-2)8-9-13-14-10-11-15-13/h10-12H,3-9H2,1-2H3,(H,14,15). The molecule has 0 aliphatic carbocycles. The lowest BCUT2D eigenvalue weighted by atomic mass is 9.92. The summed E-state index contributed by atoms with van der Waals surface area (Å²) < 4.78 is 0. The highest BCUT2D eigenvalue weighted by atomic mass is 14.9. The lowest BCUT2D eigenvalue weighted by Gasteiger charge is -2.14. The van der Waals surface area contributed by atoms with Crippen LogP contribution < -0.4 is 0 Å². The minimum absolute atomic E-state index is 0.903. The van der Waals surface area contributed by atoms with Crippen molar-refractivity contribution < 1.29 is 0 Å². The van der Waals surface area contributed by atoms with Crippen LogP contribution in [0.15, 0.2) is 12.4 Å². The quantitative estimate of drug-likeness (QED) is 0.688. The molecular formula is C13H24N2. The zero-order valence-corrected chi connectivity index (χ0v) is 10.1. The van der Waals surface area contributed by atoms with Crippen LogP contribution in [0.4, 0.5) is 0 Å². The van der Waals surface area contributed by atoms with E-state index in [4.69, 9.17) is 0 Å². The molecule has 1 unspecified atom stereocenters. The summed E-state index contributed by atoms with van der Waals surface area (Å²) in [7, 11) is 0. The van der Waals surface area contributed by atoms with Crippen LogP contribution in [0.2, 0.25) is 0 Å². The molecule has 2 nitrogen and oxygen atoms in total. The van der Waals surface area contributed by atoms with E-state index in [0.717, 1.165) is 18.2 Å². The first-order valence-electron chi connectivity index (χ1n) is 6.35. The van der Waals surface area contributed by atoms with Gasteiger partial charge in [0.05, 0.1) is 0 Å². The van der Waals surface area contributed by atoms with Crippen LogP contribution in [0.1, 0.15) is 58.2 Å². The summed E-state index contributed by atoms with van der Waals surface area (Å²) in [6.07, 6.45) is 12.9. The van der Waals surface area contributed by atoms with Crippen LogP contribution >= 0.6 is 0 Å². The summed E-state index contributed by atoms with van der Waals surface area (Å²) >= 11 is 0. The molecule has 0 saturated heterocycles. The van der Waals surface area contributed by atoms with E-state index >= 15 is 0 Å². The third-order valence-electron chi connectivity index (χ3n) is 3.01. The number of hydrogen-bond acceptors (Lipinski definition) is 1. The van der Waals surface area contributed by atoms with Gasteiger partial charge >= 0.3 is 0 Å². The van der Waals surface area contributed by atoms with Crippen LogP contribution in [0.5, 0.6) is 0 Å². The van der Waals surface area contributed by atoms with Gasteiger partial charge in [0.2, 0.25) is 0 Å². The molecule has 0 fully saturated rings. The fourth-order valence-corrected chi connectivity index (χ4v) is 2.11. The SMILES string of the molecule is CCCCC(CCC)CCc1ncc[nH]1. The van der Waals surface area contributed by atoms with Crippen molar-refractivity contribution in [2.24, 2.45) is 5.92 Å². The van der Waals surface area contributed by atoms with Gasteiger partial charge in [-0.15, -0.1) is 0 Å². The molecule has 0 aliphatic heterocycles. The van der Waals surface area contributed by atoms with E-state index < -0.39 is 0 Å². The first-order valence-corrected chi connectivity index (χ1v) is 6.35. The largest absolute Gasteiger partial charge is 0.349 e. The summed E-state index contributed by atoms with van der Waals surface area (Å²) in [5.74, 6) is 2.05. The number of aryl methyl sites for hydroxylation is 1. The molecule has 0 amide bonds. The summed E-state index contributed by atoms with van der Waals surface area (Å²) in [4.78, 5) is 7.45. The van der Waals surface area contributed by atoms with E-state index in [9.17, 15) is 0 Å². The third kappa shape index (κ3) is 5.01. The Labute approximate surface area is 93.5 Å². The second kappa shape index (κ2) is 7.49. The average molecular weight is 208 g/mol. The van der Waals surface area contributed by atoms with E-state index in [1.54, 1.807) is 0 Å². The van der Waals surface area contributed by atoms with Gasteiger partial charge in [-0.05, 0) is 12.3 Å². The number of imidazole rings is 1. The van der Waals surface area contributed by atoms with Gasteiger partial charge in [-0.2, -0.15) is 0 Å². The highest BCUT2D eigenvalue weighted by Gasteiger charge is 2.08. The monoisotopic (exact) mass is 208 g/mol. The number of rotatable bonds is 8. The second-order valence-corrected chi connectivity index (χ2v) is 4.37. The Morgan fingerprint density at radius 3 is 2.67 bits per heavy atom. The van der Waals surface area contributed by atoms with Gasteiger partial charge in [-0.3, -0.25) is 0 Å². The Balaban J connectivity index is 2.24. The van der Waals surface area contributed by atoms with Crippen molar-refractivity contribution >= 4 is 0 Å². The smallest absolute Gasteiger partial charge is 0.106 e. The third-order valence-corrected chi connectivity index (χ3v) is 3.01. The van der Waals surface area contributed by atoms with Crippen LogP contribution in [-0.2, 0) is 6.42 Å². The van der Waals surface area contributed by atoms with Crippen molar-refractivity contribution in [1.82, 2.24) is 9.97 Å². The van der Waals surface area contributed by atoms with E-state index in [-0.39, 0.29) is 0 Å². The Morgan fingerprint density at radius 2 is 2.07 bits per heavy atom. The summed E-state index contributed by atoms with van der Waals surface area (Å²) in [6.45, 7) is 4.56. The number of hydrogen-bond donors (Lipinski definition) is 1. The van der Waals surface area contributed by atoms with Crippen molar-refractivity contribution in [3.05, 3.63) is 18.2 Å². The van der Waals surface area contributed by atoms with E-state index in [1.807, 2.05) is 12.4 Å². The molecule has 86 valence electrons. The van der Waals surface area contributed by atoms with Gasteiger partial charge in [0.15, 0.2) is 0 Å². The molecule has 0 aromatic carbocycles. The predicted octanol–water partition coefficient (Wildman–Crippen LogP) is 3.95. The van der Waals surface area contributed by atoms with Crippen LogP contribution in [0.25, 0.3) is 0 Å². The molecule has 0 radical (unpaired) electrons. The predicted molar refractivity (Wildman–Crippen MR) is 64.8 cm³/mol. The van der Waals surface area contributed by atoms with Gasteiger partial charge in [0.1, 0.15) is 5.82 Å². The van der Waals surface area contributed by atoms with Crippen molar-refractivity contribution in [2.75, 3.05) is 0 Å². The first kappa shape index (κ1) is 12.3. The van der Waals surface area contributed by atoms with Crippen LogP contribution in [-0.4, -0.2) is 9.97 Å². The van der Waals surface area contributed by atoms with Gasteiger partial charge in [0, 0.05) is 18.8 Å². The Bertz CT molecular complexity index is 229.